The number of benzene rings is 6. The van der Waals surface area contributed by atoms with Gasteiger partial charge >= 0.3 is 0 Å². The van der Waals surface area contributed by atoms with Gasteiger partial charge in [-0.05, 0) is 63.7 Å². The maximum atomic E-state index is 6.08. The topological polar surface area (TPSA) is 31.2 Å². The quantitative estimate of drug-likeness (QED) is 0.0925. The second-order valence-electron chi connectivity index (χ2n) is 11.5. The summed E-state index contributed by atoms with van der Waals surface area (Å²) in [6.45, 7) is 2.90. The Morgan fingerprint density at radius 1 is 0.380 bits per heavy atom. The van der Waals surface area contributed by atoms with Gasteiger partial charge in [0.15, 0.2) is 0 Å². The third-order valence-electron chi connectivity index (χ3n) is 7.40. The normalized spacial score (nSPS) is 11.0. The van der Waals surface area contributed by atoms with E-state index in [1.165, 1.54) is 22.3 Å². The van der Waals surface area contributed by atoms with Crippen LogP contribution in [-0.4, -0.2) is 22.4 Å². The Kier molecular flexibility index (Phi) is 14.4. The van der Waals surface area contributed by atoms with Crippen molar-refractivity contribution in [1.29, 1.82) is 0 Å². The van der Waals surface area contributed by atoms with E-state index in [-0.39, 0.29) is 0 Å². The van der Waals surface area contributed by atoms with E-state index in [4.69, 9.17) is 46.4 Å². The van der Waals surface area contributed by atoms with E-state index in [9.17, 15) is 0 Å². The molecule has 0 aromatic heterocycles. The van der Waals surface area contributed by atoms with Crippen molar-refractivity contribution in [3.63, 3.8) is 0 Å². The highest BCUT2D eigenvalue weighted by Gasteiger charge is 2.06. The maximum absolute atomic E-state index is 6.08. The number of nitrogens with zero attached hydrogens (tertiary/aromatic N) is 4. The van der Waals surface area contributed by atoms with Crippen LogP contribution in [-0.2, 0) is 26.2 Å². The second-order valence-corrected chi connectivity index (χ2v) is 13.1. The van der Waals surface area contributed by atoms with Gasteiger partial charge in [0, 0.05) is 10.0 Å². The van der Waals surface area contributed by atoms with Crippen LogP contribution in [0.1, 0.15) is 33.4 Å². The Hall–Kier alpha value is -4.58. The van der Waals surface area contributed by atoms with Gasteiger partial charge < -0.3 is 0 Å². The first-order valence-electron chi connectivity index (χ1n) is 16.0. The van der Waals surface area contributed by atoms with Crippen LogP contribution in [0.4, 0.5) is 0 Å². The highest BCUT2D eigenvalue weighted by Crippen LogP contribution is 2.22. The van der Waals surface area contributed by atoms with Crippen molar-refractivity contribution in [2.24, 2.45) is 10.2 Å². The molecule has 252 valence electrons. The lowest BCUT2D eigenvalue weighted by molar-refractivity contribution is 0.272. The van der Waals surface area contributed by atoms with Crippen LogP contribution in [0.25, 0.3) is 0 Å². The van der Waals surface area contributed by atoms with Crippen LogP contribution >= 0.6 is 46.4 Å². The van der Waals surface area contributed by atoms with Crippen molar-refractivity contribution in [2.75, 3.05) is 0 Å². The molecule has 0 aliphatic rings. The summed E-state index contributed by atoms with van der Waals surface area (Å²) >= 11 is 24.2. The highest BCUT2D eigenvalue weighted by atomic mass is 35.5. The molecule has 0 fully saturated rings. The van der Waals surface area contributed by atoms with E-state index in [2.05, 4.69) is 58.7 Å². The molecule has 0 spiro atoms. The predicted octanol–water partition coefficient (Wildman–Crippen LogP) is 12.1. The minimum Gasteiger partial charge on any atom is -0.288 e. The zero-order chi connectivity index (χ0) is 35.0. The fourth-order valence-corrected chi connectivity index (χ4v) is 5.84. The zero-order valence-corrected chi connectivity index (χ0v) is 30.3. The fraction of sp³-hybridized carbons (Fsp3) is 0.0952. The maximum Gasteiger partial charge on any atom is 0.0614 e. The molecular weight excluding hydrogens is 702 g/mol. The third kappa shape index (κ3) is 12.7. The Bertz CT molecular complexity index is 1850. The minimum absolute atomic E-state index is 0.531. The lowest BCUT2D eigenvalue weighted by Crippen LogP contribution is -2.17. The Labute approximate surface area is 314 Å². The summed E-state index contributed by atoms with van der Waals surface area (Å²) in [5.41, 5.74) is 6.64. The van der Waals surface area contributed by atoms with Crippen LogP contribution in [0.3, 0.4) is 0 Å². The molecule has 0 aliphatic carbocycles. The van der Waals surface area contributed by atoms with Crippen LogP contribution in [0.5, 0.6) is 0 Å². The van der Waals surface area contributed by atoms with Crippen molar-refractivity contribution >= 4 is 58.8 Å². The molecule has 0 saturated carbocycles. The molecule has 0 atom stereocenters. The monoisotopic (exact) mass is 736 g/mol. The van der Waals surface area contributed by atoms with E-state index >= 15 is 0 Å². The van der Waals surface area contributed by atoms with Crippen LogP contribution < -0.4 is 0 Å². The molecule has 4 nitrogen and oxygen atoms in total. The number of hydrazone groups is 2. The van der Waals surface area contributed by atoms with Gasteiger partial charge in [-0.1, -0.05) is 174 Å². The average molecular weight is 739 g/mol. The molecule has 50 heavy (non-hydrogen) atoms. The smallest absolute Gasteiger partial charge is 0.0614 e. The zero-order valence-electron chi connectivity index (χ0n) is 27.3. The van der Waals surface area contributed by atoms with Gasteiger partial charge in [-0.2, -0.15) is 10.2 Å². The number of halogens is 4. The molecule has 0 saturated heterocycles. The van der Waals surface area contributed by atoms with Gasteiger partial charge in [0.1, 0.15) is 0 Å². The average Bonchev–Trinajstić information content (AvgIpc) is 3.13. The molecule has 6 rings (SSSR count). The minimum atomic E-state index is 0.531. The van der Waals surface area contributed by atoms with Gasteiger partial charge in [0.05, 0.1) is 48.7 Å². The van der Waals surface area contributed by atoms with Crippen LogP contribution in [0.2, 0.25) is 20.1 Å². The number of rotatable bonds is 12. The van der Waals surface area contributed by atoms with E-state index in [1.807, 2.05) is 113 Å². The van der Waals surface area contributed by atoms with Crippen molar-refractivity contribution in [1.82, 2.24) is 10.0 Å². The summed E-state index contributed by atoms with van der Waals surface area (Å²) in [5.74, 6) is 0. The highest BCUT2D eigenvalue weighted by molar-refractivity contribution is 6.42. The van der Waals surface area contributed by atoms with Crippen LogP contribution in [0, 0.1) is 0 Å². The second kappa shape index (κ2) is 19.6. The Balaban J connectivity index is 0.000000194. The molecule has 0 unspecified atom stereocenters. The standard InChI is InChI=1S/2C21H18Cl2N2/c22-20-11-19(12-21(23)13-20)14-24-25(15-17-7-3-1-4-8-17)16-18-9-5-2-6-10-18;22-20-12-11-19(13-21(20)23)14-24-25(15-17-7-3-1-4-8-17)16-18-9-5-2-6-10-18/h2*1-14H,15-16H2/b2*24-14-. The molecular formula is C42H36Cl4N4. The van der Waals surface area contributed by atoms with Gasteiger partial charge in [0.25, 0.3) is 0 Å². The summed E-state index contributed by atoms with van der Waals surface area (Å²) in [6.07, 6.45) is 3.61. The summed E-state index contributed by atoms with van der Waals surface area (Å²) in [6, 6.07) is 52.1. The molecule has 6 aromatic carbocycles. The molecule has 0 aliphatic heterocycles. The van der Waals surface area contributed by atoms with Gasteiger partial charge in [-0.15, -0.1) is 0 Å². The van der Waals surface area contributed by atoms with E-state index in [0.29, 0.717) is 20.1 Å². The summed E-state index contributed by atoms with van der Waals surface area (Å²) in [5, 5.41) is 15.7. The lowest BCUT2D eigenvalue weighted by Gasteiger charge is -2.19. The summed E-state index contributed by atoms with van der Waals surface area (Å²) in [4.78, 5) is 0. The number of hydrogen-bond acceptors (Lipinski definition) is 4. The summed E-state index contributed by atoms with van der Waals surface area (Å²) < 4.78 is 0. The molecule has 8 heteroatoms. The predicted molar refractivity (Wildman–Crippen MR) is 212 cm³/mol. The third-order valence-corrected chi connectivity index (χ3v) is 8.58. The fourth-order valence-electron chi connectivity index (χ4n) is 4.99. The molecule has 6 aromatic rings. The Morgan fingerprint density at radius 2 is 0.740 bits per heavy atom. The van der Waals surface area contributed by atoms with Crippen molar-refractivity contribution in [2.45, 2.75) is 26.2 Å². The molecule has 0 radical (unpaired) electrons. The molecule has 0 bridgehead atoms. The van der Waals surface area contributed by atoms with Crippen molar-refractivity contribution in [3.05, 3.63) is 211 Å². The largest absolute Gasteiger partial charge is 0.288 e. The summed E-state index contributed by atoms with van der Waals surface area (Å²) in [7, 11) is 0. The first-order chi connectivity index (χ1) is 24.4. The van der Waals surface area contributed by atoms with E-state index in [1.54, 1.807) is 18.3 Å². The first-order valence-corrected chi connectivity index (χ1v) is 17.6. The molecule has 0 amide bonds. The first kappa shape index (κ1) is 36.7. The van der Waals surface area contributed by atoms with Crippen LogP contribution in [0.15, 0.2) is 168 Å². The van der Waals surface area contributed by atoms with E-state index < -0.39 is 0 Å². The number of hydrogen-bond donors (Lipinski definition) is 0. The van der Waals surface area contributed by atoms with Crippen molar-refractivity contribution < 1.29 is 0 Å². The molecule has 0 heterocycles. The van der Waals surface area contributed by atoms with Crippen molar-refractivity contribution in [3.8, 4) is 0 Å². The van der Waals surface area contributed by atoms with Gasteiger partial charge in [0.2, 0.25) is 0 Å². The van der Waals surface area contributed by atoms with E-state index in [0.717, 1.165) is 37.3 Å². The van der Waals surface area contributed by atoms with Gasteiger partial charge in [-0.3, -0.25) is 10.0 Å². The molecule has 0 N–H and O–H groups in total. The van der Waals surface area contributed by atoms with Gasteiger partial charge in [-0.25, -0.2) is 0 Å². The Morgan fingerprint density at radius 3 is 1.10 bits per heavy atom. The lowest BCUT2D eigenvalue weighted by atomic mass is 10.2. The SMILES string of the molecule is Clc1cc(Cl)cc(/C=N\N(Cc2ccccc2)Cc2ccccc2)c1.Clc1ccc(/C=N\N(Cc2ccccc2)Cc2ccccc2)cc1Cl.